The fraction of sp³-hybridized carbons (Fsp3) is 0.0769. The summed E-state index contributed by atoms with van der Waals surface area (Å²) in [7, 11) is 0. The second-order valence-corrected chi connectivity index (χ2v) is 4.95. The summed E-state index contributed by atoms with van der Waals surface area (Å²) in [6.45, 7) is 0.582. The van der Waals surface area contributed by atoms with Gasteiger partial charge >= 0.3 is 0 Å². The van der Waals surface area contributed by atoms with Crippen molar-refractivity contribution in [3.63, 3.8) is 0 Å². The normalized spacial score (nSPS) is 6.00. The molecule has 0 fully saturated rings. The molecule has 0 saturated heterocycles. The summed E-state index contributed by atoms with van der Waals surface area (Å²) in [6.07, 6.45) is 0. The van der Waals surface area contributed by atoms with Crippen molar-refractivity contribution < 1.29 is 4.74 Å². The summed E-state index contributed by atoms with van der Waals surface area (Å²) in [5.41, 5.74) is 1.16. The van der Waals surface area contributed by atoms with Crippen molar-refractivity contribution in [2.45, 2.75) is 6.61 Å². The molecule has 0 aromatic heterocycles. The molecule has 0 heterocycles. The van der Waals surface area contributed by atoms with Crippen LogP contribution in [0.15, 0.2) is 48.5 Å². The lowest BCUT2D eigenvalue weighted by molar-refractivity contribution is 0.304. The van der Waals surface area contributed by atoms with Crippen molar-refractivity contribution in [2.24, 2.45) is 0 Å². The van der Waals surface area contributed by atoms with Crippen LogP contribution in [0.25, 0.3) is 0 Å². The Balaban J connectivity index is -0.0000000328. The van der Waals surface area contributed by atoms with Crippen LogP contribution in [0.3, 0.4) is 0 Å². The van der Waals surface area contributed by atoms with Crippen LogP contribution in [0.4, 0.5) is 0 Å². The minimum absolute atomic E-state index is 0. The van der Waals surface area contributed by atoms with Crippen molar-refractivity contribution in [3.05, 3.63) is 62.7 Å². The molecule has 0 saturated carbocycles. The van der Waals surface area contributed by atoms with Gasteiger partial charge in [-0.05, 0) is 46.4 Å². The van der Waals surface area contributed by atoms with E-state index < -0.39 is 0 Å². The van der Waals surface area contributed by atoms with Crippen molar-refractivity contribution in [2.75, 3.05) is 0 Å². The summed E-state index contributed by atoms with van der Waals surface area (Å²) in [5.74, 6) is 0.869. The van der Waals surface area contributed by atoms with Crippen molar-refractivity contribution in [1.82, 2.24) is 67.7 Å². The average Bonchev–Trinajstić information content (AvgIpc) is 2.29. The molecule has 2 aromatic carbocycles. The van der Waals surface area contributed by atoms with E-state index in [1.807, 2.05) is 48.5 Å². The predicted molar refractivity (Wildman–Crippen MR) is 130 cm³/mol. The molecule has 0 spiro atoms. The van der Waals surface area contributed by atoms with Gasteiger partial charge in [-0.2, -0.15) is 0 Å². The van der Waals surface area contributed by atoms with Crippen LogP contribution in [0.1, 0.15) is 5.56 Å². The third kappa shape index (κ3) is 21.0. The van der Waals surface area contributed by atoms with Crippen LogP contribution in [0.2, 0.25) is 5.02 Å². The first kappa shape index (κ1) is 63.6. The Bertz CT molecular complexity index is 497. The van der Waals surface area contributed by atoms with Crippen LogP contribution < -0.4 is 72.4 Å². The minimum atomic E-state index is 0. The zero-order valence-electron chi connectivity index (χ0n) is 16.3. The highest BCUT2D eigenvalue weighted by atomic mass is 127. The monoisotopic (exact) mass is 531 g/mol. The second kappa shape index (κ2) is 32.5. The molecule has 0 amide bonds. The fourth-order valence-corrected chi connectivity index (χ4v) is 2.35. The lowest BCUT2D eigenvalue weighted by atomic mass is 10.2. The van der Waals surface area contributed by atoms with Crippen molar-refractivity contribution >= 4 is 34.2 Å². The van der Waals surface area contributed by atoms with Crippen LogP contribution >= 0.6 is 34.2 Å². The molecule has 170 valence electrons. The Morgan fingerprint density at radius 2 is 1.11 bits per heavy atom. The smallest absolute Gasteiger partial charge is 0.133 e. The summed E-state index contributed by atoms with van der Waals surface area (Å²) < 4.78 is 6.74. The molecule has 33 N–H and O–H groups in total. The molecule has 2 rings (SSSR count). The van der Waals surface area contributed by atoms with Gasteiger partial charge in [0.2, 0.25) is 0 Å². The van der Waals surface area contributed by atoms with E-state index in [2.05, 4.69) is 22.6 Å². The topological polar surface area (TPSA) is 394 Å². The van der Waals surface area contributed by atoms with Gasteiger partial charge in [0.15, 0.2) is 0 Å². The lowest BCUT2D eigenvalue weighted by Gasteiger charge is -2.08. The first-order valence-corrected chi connectivity index (χ1v) is 6.33. The van der Waals surface area contributed by atoms with Gasteiger partial charge in [0.25, 0.3) is 0 Å². The zero-order chi connectivity index (χ0) is 11.4. The van der Waals surface area contributed by atoms with E-state index in [9.17, 15) is 0 Å². The van der Waals surface area contributed by atoms with Gasteiger partial charge in [-0.15, -0.1) is 0 Å². The highest BCUT2D eigenvalue weighted by molar-refractivity contribution is 14.1. The molecule has 0 aliphatic rings. The molecular weight excluding hydrogens is 489 g/mol. The van der Waals surface area contributed by atoms with E-state index in [4.69, 9.17) is 16.3 Å². The number of benzene rings is 2. The number of hydrogen-bond donors (Lipinski definition) is 11. The largest absolute Gasteiger partial charge is 0.488 e. The molecule has 12 nitrogen and oxygen atoms in total. The van der Waals surface area contributed by atoms with Gasteiger partial charge in [-0.1, -0.05) is 41.9 Å². The van der Waals surface area contributed by atoms with Gasteiger partial charge in [-0.25, -0.2) is 0 Å². The second-order valence-electron chi connectivity index (χ2n) is 3.35. The van der Waals surface area contributed by atoms with E-state index in [-0.39, 0.29) is 67.7 Å². The van der Waals surface area contributed by atoms with Gasteiger partial charge in [0, 0.05) is 5.02 Å². The maximum absolute atomic E-state index is 5.87. The van der Waals surface area contributed by atoms with Gasteiger partial charge in [0.1, 0.15) is 12.4 Å². The number of hydrogen-bond acceptors (Lipinski definition) is 12. The van der Waals surface area contributed by atoms with E-state index in [0.29, 0.717) is 6.61 Å². The number of ether oxygens (including phenoxy) is 1. The first-order chi connectivity index (χ1) is 7.75. The highest BCUT2D eigenvalue weighted by Crippen LogP contribution is 2.25. The van der Waals surface area contributed by atoms with Gasteiger partial charge in [-0.3, -0.25) is 0 Å². The first-order valence-electron chi connectivity index (χ1n) is 4.87. The third-order valence-corrected chi connectivity index (χ3v) is 3.21. The number of rotatable bonds is 3. The van der Waals surface area contributed by atoms with E-state index in [1.54, 1.807) is 0 Å². The number of halogens is 2. The Kier molecular flexibility index (Phi) is 76.5. The molecule has 0 radical (unpaired) electrons. The van der Waals surface area contributed by atoms with E-state index in [0.717, 1.165) is 19.9 Å². The highest BCUT2D eigenvalue weighted by Gasteiger charge is 2.01. The summed E-state index contributed by atoms with van der Waals surface area (Å²) >= 11 is 8.09. The maximum atomic E-state index is 5.87. The van der Waals surface area contributed by atoms with E-state index in [1.165, 1.54) is 0 Å². The molecule has 14 heteroatoms. The zero-order valence-corrected chi connectivity index (χ0v) is 19.2. The predicted octanol–water partition coefficient (Wildman–Crippen LogP) is 6.31. The van der Waals surface area contributed by atoms with Crippen molar-refractivity contribution in [3.8, 4) is 5.75 Å². The molecule has 27 heavy (non-hydrogen) atoms. The Morgan fingerprint density at radius 1 is 0.667 bits per heavy atom. The van der Waals surface area contributed by atoms with Crippen LogP contribution in [0.5, 0.6) is 5.75 Å². The minimum Gasteiger partial charge on any atom is -0.488 e. The van der Waals surface area contributed by atoms with Crippen LogP contribution in [-0.4, -0.2) is 0 Å². The molecule has 0 aliphatic heterocycles. The third-order valence-electron chi connectivity index (χ3n) is 2.13. The summed E-state index contributed by atoms with van der Waals surface area (Å²) in [6, 6.07) is 15.7. The Hall–Kier alpha value is -1.18. The standard InChI is InChI=1S/C13H10ClIO.11H3N/c14-11-6-7-13(12(15)8-11)16-9-10-4-2-1-3-5-10;;;;;;;;;;;/h1-8H,9H2;11*1H3. The van der Waals surface area contributed by atoms with Crippen LogP contribution in [-0.2, 0) is 6.61 Å². The Labute approximate surface area is 181 Å². The average molecular weight is 532 g/mol. The lowest BCUT2D eigenvalue weighted by Crippen LogP contribution is -1.96. The molecule has 2 aromatic rings. The van der Waals surface area contributed by atoms with Gasteiger partial charge < -0.3 is 72.4 Å². The van der Waals surface area contributed by atoms with Crippen molar-refractivity contribution in [1.29, 1.82) is 0 Å². The molecule has 0 atom stereocenters. The molecule has 0 aliphatic carbocycles. The molecular formula is C13H43ClIN11O. The maximum Gasteiger partial charge on any atom is 0.133 e. The van der Waals surface area contributed by atoms with Gasteiger partial charge in [0.05, 0.1) is 3.57 Å². The van der Waals surface area contributed by atoms with Crippen LogP contribution in [0, 0.1) is 3.57 Å². The fourth-order valence-electron chi connectivity index (χ4n) is 1.33. The quantitative estimate of drug-likeness (QED) is 0.194. The molecule has 0 bridgehead atoms. The summed E-state index contributed by atoms with van der Waals surface area (Å²) in [4.78, 5) is 0. The Morgan fingerprint density at radius 3 is 1.52 bits per heavy atom. The SMILES string of the molecule is Clc1ccc(OCc2ccccc2)c(I)c1.N.N.N.N.N.N.N.N.N.N.N. The summed E-state index contributed by atoms with van der Waals surface area (Å²) in [5, 5.41) is 0.733. The van der Waals surface area contributed by atoms with E-state index >= 15 is 0 Å². The molecule has 0 unspecified atom stereocenters.